The molecule has 1 aliphatic rings. The van der Waals surface area contributed by atoms with E-state index in [9.17, 15) is 17.6 Å². The third kappa shape index (κ3) is 4.88. The number of rotatable bonds is 6. The molecule has 0 N–H and O–H groups in total. The molecule has 0 aromatic heterocycles. The van der Waals surface area contributed by atoms with Crippen LogP contribution in [0.15, 0.2) is 42.5 Å². The Bertz CT molecular complexity index is 743. The van der Waals surface area contributed by atoms with Gasteiger partial charge in [-0.15, -0.1) is 0 Å². The Balaban J connectivity index is 1.63. The molecule has 1 saturated heterocycles. The van der Waals surface area contributed by atoms with E-state index in [-0.39, 0.29) is 5.75 Å². The van der Waals surface area contributed by atoms with Crippen molar-refractivity contribution in [3.05, 3.63) is 53.8 Å². The maximum Gasteiger partial charge on any atom is 0.419 e. The molecule has 0 unspecified atom stereocenters. The Morgan fingerprint density at radius 2 is 1.62 bits per heavy atom. The number of hydrogen-bond donors (Lipinski definition) is 0. The molecule has 1 heterocycles. The third-order valence-electron chi connectivity index (χ3n) is 4.16. The van der Waals surface area contributed by atoms with Crippen LogP contribution in [-0.4, -0.2) is 31.1 Å². The normalized spacial score (nSPS) is 15.2. The van der Waals surface area contributed by atoms with Gasteiger partial charge >= 0.3 is 6.18 Å². The summed E-state index contributed by atoms with van der Waals surface area (Å²) in [4.78, 5) is 2.32. The predicted octanol–water partition coefficient (Wildman–Crippen LogP) is 5.11. The summed E-state index contributed by atoms with van der Waals surface area (Å²) in [6.45, 7) is 3.52. The molecule has 0 saturated carbocycles. The maximum absolute atomic E-state index is 13.3. The molecule has 3 nitrogen and oxygen atoms in total. The van der Waals surface area contributed by atoms with Gasteiger partial charge < -0.3 is 9.47 Å². The first kappa shape index (κ1) is 18.5. The Kier molecular flexibility index (Phi) is 5.66. The third-order valence-corrected chi connectivity index (χ3v) is 4.16. The summed E-state index contributed by atoms with van der Waals surface area (Å²) in [6.07, 6.45) is -2.36. The molecule has 1 fully saturated rings. The minimum absolute atomic E-state index is 0.0899. The number of benzene rings is 2. The number of nitrogens with zero attached hydrogens (tertiary/aromatic N) is 1. The highest BCUT2D eigenvalue weighted by molar-refractivity contribution is 5.39. The van der Waals surface area contributed by atoms with Gasteiger partial charge in [-0.2, -0.15) is 13.2 Å². The van der Waals surface area contributed by atoms with Crippen molar-refractivity contribution >= 4 is 0 Å². The van der Waals surface area contributed by atoms with E-state index in [0.29, 0.717) is 24.2 Å². The highest BCUT2D eigenvalue weighted by Crippen LogP contribution is 2.35. The van der Waals surface area contributed by atoms with Gasteiger partial charge in [-0.1, -0.05) is 6.07 Å². The van der Waals surface area contributed by atoms with E-state index in [2.05, 4.69) is 4.90 Å². The van der Waals surface area contributed by atoms with Crippen LogP contribution in [0.25, 0.3) is 0 Å². The molecule has 1 aliphatic heterocycles. The molecule has 7 heteroatoms. The quantitative estimate of drug-likeness (QED) is 0.661. The molecule has 26 heavy (non-hydrogen) atoms. The average molecular weight is 369 g/mol. The Hall–Kier alpha value is -2.28. The summed E-state index contributed by atoms with van der Waals surface area (Å²) in [5.74, 6) is -0.528. The van der Waals surface area contributed by atoms with Crippen LogP contribution in [0.2, 0.25) is 0 Å². The minimum Gasteiger partial charge on any atom is -0.492 e. The van der Waals surface area contributed by atoms with Crippen LogP contribution >= 0.6 is 0 Å². The minimum atomic E-state index is -4.77. The topological polar surface area (TPSA) is 21.7 Å². The fraction of sp³-hybridized carbons (Fsp3) is 0.368. The van der Waals surface area contributed by atoms with Crippen LogP contribution in [0.1, 0.15) is 18.4 Å². The first-order chi connectivity index (χ1) is 12.4. The van der Waals surface area contributed by atoms with Crippen LogP contribution in [-0.2, 0) is 6.18 Å². The Morgan fingerprint density at radius 1 is 0.923 bits per heavy atom. The van der Waals surface area contributed by atoms with Gasteiger partial charge in [0.2, 0.25) is 0 Å². The molecule has 0 aliphatic carbocycles. The van der Waals surface area contributed by atoms with E-state index in [4.69, 9.17) is 9.47 Å². The SMILES string of the molecule is Fc1ccc(Oc2cccc(OCCN3CCCC3)c2)cc1C(F)(F)F. The zero-order valence-electron chi connectivity index (χ0n) is 14.1. The fourth-order valence-electron chi connectivity index (χ4n) is 2.85. The van der Waals surface area contributed by atoms with Crippen LogP contribution in [0.4, 0.5) is 17.6 Å². The van der Waals surface area contributed by atoms with Crippen molar-refractivity contribution < 1.29 is 27.0 Å². The maximum atomic E-state index is 13.3. The number of hydrogen-bond acceptors (Lipinski definition) is 3. The summed E-state index contributed by atoms with van der Waals surface area (Å²) >= 11 is 0. The zero-order chi connectivity index (χ0) is 18.6. The smallest absolute Gasteiger partial charge is 0.419 e. The van der Waals surface area contributed by atoms with Crippen LogP contribution in [0.3, 0.4) is 0 Å². The van der Waals surface area contributed by atoms with Crippen LogP contribution in [0.5, 0.6) is 17.2 Å². The van der Waals surface area contributed by atoms with Crippen molar-refractivity contribution in [2.75, 3.05) is 26.2 Å². The van der Waals surface area contributed by atoms with Crippen molar-refractivity contribution in [3.8, 4) is 17.2 Å². The molecule has 2 aromatic rings. The van der Waals surface area contributed by atoms with Gasteiger partial charge in [0.1, 0.15) is 29.7 Å². The number of halogens is 4. The molecule has 0 amide bonds. The second kappa shape index (κ2) is 7.95. The summed E-state index contributed by atoms with van der Waals surface area (Å²) in [7, 11) is 0. The summed E-state index contributed by atoms with van der Waals surface area (Å²) in [5, 5.41) is 0. The second-order valence-corrected chi connectivity index (χ2v) is 6.11. The van der Waals surface area contributed by atoms with Gasteiger partial charge in [0.25, 0.3) is 0 Å². The van der Waals surface area contributed by atoms with Crippen molar-refractivity contribution in [1.82, 2.24) is 4.90 Å². The number of ether oxygens (including phenoxy) is 2. The standard InChI is InChI=1S/C19H19F4NO2/c20-18-7-6-16(13-17(18)19(21,22)23)26-15-5-3-4-14(12-15)25-11-10-24-8-1-2-9-24/h3-7,12-13H,1-2,8-11H2. The van der Waals surface area contributed by atoms with Crippen LogP contribution < -0.4 is 9.47 Å². The van der Waals surface area contributed by atoms with Gasteiger partial charge in [0.15, 0.2) is 0 Å². The predicted molar refractivity (Wildman–Crippen MR) is 89.1 cm³/mol. The van der Waals surface area contributed by atoms with Crippen molar-refractivity contribution in [3.63, 3.8) is 0 Å². The molecule has 2 aromatic carbocycles. The Morgan fingerprint density at radius 3 is 2.35 bits per heavy atom. The highest BCUT2D eigenvalue weighted by atomic mass is 19.4. The van der Waals surface area contributed by atoms with Gasteiger partial charge in [-0.3, -0.25) is 4.90 Å². The van der Waals surface area contributed by atoms with E-state index < -0.39 is 17.6 Å². The largest absolute Gasteiger partial charge is 0.492 e. The molecule has 0 bridgehead atoms. The second-order valence-electron chi connectivity index (χ2n) is 6.11. The number of alkyl halides is 3. The number of likely N-dealkylation sites (tertiary alicyclic amines) is 1. The molecule has 0 atom stereocenters. The van der Waals surface area contributed by atoms with Crippen molar-refractivity contribution in [2.24, 2.45) is 0 Å². The molecular weight excluding hydrogens is 350 g/mol. The van der Waals surface area contributed by atoms with Gasteiger partial charge in [-0.25, -0.2) is 4.39 Å². The van der Waals surface area contributed by atoms with E-state index in [1.165, 1.54) is 12.8 Å². The molecule has 0 radical (unpaired) electrons. The average Bonchev–Trinajstić information content (AvgIpc) is 3.09. The van der Waals surface area contributed by atoms with E-state index in [1.807, 2.05) is 0 Å². The first-order valence-electron chi connectivity index (χ1n) is 8.42. The van der Waals surface area contributed by atoms with Gasteiger partial charge in [0, 0.05) is 12.6 Å². The summed E-state index contributed by atoms with van der Waals surface area (Å²) in [6, 6.07) is 9.19. The van der Waals surface area contributed by atoms with Gasteiger partial charge in [0.05, 0.1) is 5.56 Å². The van der Waals surface area contributed by atoms with Crippen molar-refractivity contribution in [2.45, 2.75) is 19.0 Å². The van der Waals surface area contributed by atoms with Crippen molar-refractivity contribution in [1.29, 1.82) is 0 Å². The van der Waals surface area contributed by atoms with E-state index in [1.54, 1.807) is 24.3 Å². The lowest BCUT2D eigenvalue weighted by atomic mass is 10.2. The molecule has 140 valence electrons. The summed E-state index contributed by atoms with van der Waals surface area (Å²) in [5.41, 5.74) is -1.35. The molecule has 3 rings (SSSR count). The lowest BCUT2D eigenvalue weighted by Crippen LogP contribution is -2.25. The molecular formula is C19H19F4NO2. The van der Waals surface area contributed by atoms with E-state index >= 15 is 0 Å². The first-order valence-corrected chi connectivity index (χ1v) is 8.42. The monoisotopic (exact) mass is 369 g/mol. The Labute approximate surface area is 149 Å². The zero-order valence-corrected chi connectivity index (χ0v) is 14.1. The molecule has 0 spiro atoms. The fourth-order valence-corrected chi connectivity index (χ4v) is 2.85. The lowest BCUT2D eigenvalue weighted by Gasteiger charge is -2.15. The van der Waals surface area contributed by atoms with Gasteiger partial charge in [-0.05, 0) is 56.3 Å². The van der Waals surface area contributed by atoms with E-state index in [0.717, 1.165) is 31.8 Å². The highest BCUT2D eigenvalue weighted by Gasteiger charge is 2.34. The lowest BCUT2D eigenvalue weighted by molar-refractivity contribution is -0.140. The van der Waals surface area contributed by atoms with Crippen LogP contribution in [0, 0.1) is 5.82 Å². The summed E-state index contributed by atoms with van der Waals surface area (Å²) < 4.78 is 62.8.